The molecular formula is C23H38O3. The fraction of sp³-hybridized carbons (Fsp3) is 0.696. The lowest BCUT2D eigenvalue weighted by molar-refractivity contribution is 0.0879. The third-order valence-corrected chi connectivity index (χ3v) is 4.27. The Balaban J connectivity index is 3.50. The van der Waals surface area contributed by atoms with Gasteiger partial charge in [-0.2, -0.15) is 0 Å². The Hall–Kier alpha value is -1.51. The molecule has 1 rings (SSSR count). The van der Waals surface area contributed by atoms with Gasteiger partial charge < -0.3 is 9.47 Å². The normalized spacial score (nSPS) is 13.1. The summed E-state index contributed by atoms with van der Waals surface area (Å²) in [5.41, 5.74) is 3.31. The molecule has 26 heavy (non-hydrogen) atoms. The summed E-state index contributed by atoms with van der Waals surface area (Å²) in [6, 6.07) is 4.25. The van der Waals surface area contributed by atoms with Gasteiger partial charge in [0.2, 0.25) is 0 Å². The van der Waals surface area contributed by atoms with E-state index in [1.165, 1.54) is 11.1 Å². The van der Waals surface area contributed by atoms with Gasteiger partial charge in [0.15, 0.2) is 0 Å². The van der Waals surface area contributed by atoms with E-state index in [9.17, 15) is 4.79 Å². The van der Waals surface area contributed by atoms with Crippen LogP contribution in [0.25, 0.3) is 0 Å². The Morgan fingerprint density at radius 2 is 1.23 bits per heavy atom. The predicted octanol–water partition coefficient (Wildman–Crippen LogP) is 6.75. The van der Waals surface area contributed by atoms with Crippen LogP contribution in [0.5, 0.6) is 5.75 Å². The topological polar surface area (TPSA) is 35.5 Å². The first-order valence-electron chi connectivity index (χ1n) is 9.57. The number of rotatable bonds is 3. The molecule has 0 saturated carbocycles. The van der Waals surface area contributed by atoms with E-state index in [4.69, 9.17) is 9.47 Å². The van der Waals surface area contributed by atoms with Gasteiger partial charge in [0.1, 0.15) is 5.75 Å². The molecule has 0 aliphatic heterocycles. The quantitative estimate of drug-likeness (QED) is 0.440. The summed E-state index contributed by atoms with van der Waals surface area (Å²) in [5.74, 6) is 0.877. The molecule has 0 bridgehead atoms. The smallest absolute Gasteiger partial charge is 0.434 e. The zero-order chi connectivity index (χ0) is 20.5. The molecule has 1 aromatic carbocycles. The van der Waals surface area contributed by atoms with Gasteiger partial charge in [0, 0.05) is 5.56 Å². The third kappa shape index (κ3) is 6.03. The summed E-state index contributed by atoms with van der Waals surface area (Å²) in [5, 5.41) is 0. The van der Waals surface area contributed by atoms with E-state index in [0.717, 1.165) is 5.56 Å². The summed E-state index contributed by atoms with van der Waals surface area (Å²) < 4.78 is 10.9. The van der Waals surface area contributed by atoms with Crippen molar-refractivity contribution in [3.63, 3.8) is 0 Å². The molecule has 0 heterocycles. The Labute approximate surface area is 160 Å². The summed E-state index contributed by atoms with van der Waals surface area (Å²) in [7, 11) is 0. The first kappa shape index (κ1) is 22.5. The molecule has 3 heteroatoms. The van der Waals surface area contributed by atoms with Crippen LogP contribution in [0.3, 0.4) is 0 Å². The Kier molecular flexibility index (Phi) is 6.60. The van der Waals surface area contributed by atoms with E-state index in [-0.39, 0.29) is 22.2 Å². The molecule has 0 unspecified atom stereocenters. The fourth-order valence-corrected chi connectivity index (χ4v) is 2.85. The van der Waals surface area contributed by atoms with Crippen molar-refractivity contribution in [2.45, 2.75) is 92.4 Å². The van der Waals surface area contributed by atoms with Crippen molar-refractivity contribution in [1.29, 1.82) is 0 Å². The van der Waals surface area contributed by atoms with Gasteiger partial charge >= 0.3 is 6.16 Å². The Bertz CT molecular complexity index is 635. The second kappa shape index (κ2) is 7.62. The van der Waals surface area contributed by atoms with Crippen LogP contribution >= 0.6 is 0 Å². The number of hydrogen-bond donors (Lipinski definition) is 0. The maximum Gasteiger partial charge on any atom is 0.513 e. The van der Waals surface area contributed by atoms with Crippen LogP contribution in [0.1, 0.15) is 92.9 Å². The summed E-state index contributed by atoms with van der Waals surface area (Å²) in [4.78, 5) is 12.2. The maximum absolute atomic E-state index is 12.2. The van der Waals surface area contributed by atoms with Crippen molar-refractivity contribution in [2.75, 3.05) is 6.61 Å². The van der Waals surface area contributed by atoms with E-state index in [1.54, 1.807) is 0 Å². The molecule has 1 aromatic rings. The second-order valence-corrected chi connectivity index (χ2v) is 10.7. The standard InChI is InChI=1S/C23H38O3/c1-15(2)14-25-20(24)26-19-13-17(22(6,7)8)16(21(3,4)5)12-18(19)23(9,10)11/h12-13,15H,14H2,1-11H3. The van der Waals surface area contributed by atoms with Crippen LogP contribution in [-0.2, 0) is 21.0 Å². The Morgan fingerprint density at radius 3 is 1.62 bits per heavy atom. The van der Waals surface area contributed by atoms with Crippen LogP contribution in [0.4, 0.5) is 4.79 Å². The number of hydrogen-bond acceptors (Lipinski definition) is 3. The van der Waals surface area contributed by atoms with Gasteiger partial charge in [-0.1, -0.05) is 82.2 Å². The van der Waals surface area contributed by atoms with Gasteiger partial charge in [-0.25, -0.2) is 4.79 Å². The minimum Gasteiger partial charge on any atom is -0.434 e. The summed E-state index contributed by atoms with van der Waals surface area (Å²) in [6.07, 6.45) is -0.632. The first-order chi connectivity index (χ1) is 11.5. The number of carbonyl (C=O) groups excluding carboxylic acids is 1. The molecule has 0 spiro atoms. The van der Waals surface area contributed by atoms with E-state index >= 15 is 0 Å². The first-order valence-corrected chi connectivity index (χ1v) is 9.57. The minimum atomic E-state index is -0.632. The van der Waals surface area contributed by atoms with Gasteiger partial charge in [-0.15, -0.1) is 0 Å². The van der Waals surface area contributed by atoms with E-state index in [1.807, 2.05) is 19.9 Å². The average Bonchev–Trinajstić information content (AvgIpc) is 2.41. The molecule has 0 amide bonds. The lowest BCUT2D eigenvalue weighted by Crippen LogP contribution is -2.25. The monoisotopic (exact) mass is 362 g/mol. The summed E-state index contributed by atoms with van der Waals surface area (Å²) in [6.45, 7) is 24.0. The molecule has 0 atom stereocenters. The lowest BCUT2D eigenvalue weighted by Gasteiger charge is -2.33. The van der Waals surface area contributed by atoms with Crippen molar-refractivity contribution < 1.29 is 14.3 Å². The highest BCUT2D eigenvalue weighted by Gasteiger charge is 2.31. The molecule has 148 valence electrons. The molecule has 0 saturated heterocycles. The molecule has 0 aliphatic carbocycles. The molecule has 0 radical (unpaired) electrons. The second-order valence-electron chi connectivity index (χ2n) is 10.7. The highest BCUT2D eigenvalue weighted by atomic mass is 16.7. The highest BCUT2D eigenvalue weighted by molar-refractivity contribution is 5.66. The lowest BCUT2D eigenvalue weighted by atomic mass is 9.72. The Morgan fingerprint density at radius 1 is 0.808 bits per heavy atom. The number of benzene rings is 1. The third-order valence-electron chi connectivity index (χ3n) is 4.27. The maximum atomic E-state index is 12.2. The van der Waals surface area contributed by atoms with Crippen LogP contribution in [-0.4, -0.2) is 12.8 Å². The van der Waals surface area contributed by atoms with Crippen LogP contribution in [0, 0.1) is 5.92 Å². The van der Waals surface area contributed by atoms with E-state index < -0.39 is 6.16 Å². The highest BCUT2D eigenvalue weighted by Crippen LogP contribution is 2.41. The number of carbonyl (C=O) groups is 1. The predicted molar refractivity (Wildman–Crippen MR) is 109 cm³/mol. The van der Waals surface area contributed by atoms with Crippen LogP contribution in [0.2, 0.25) is 0 Å². The molecule has 0 N–H and O–H groups in total. The zero-order valence-corrected chi connectivity index (χ0v) is 18.7. The SMILES string of the molecule is CC(C)COC(=O)Oc1cc(C(C)(C)C)c(C(C)(C)C)cc1C(C)(C)C. The van der Waals surface area contributed by atoms with Gasteiger partial charge in [-0.3, -0.25) is 0 Å². The molecule has 0 aromatic heterocycles. The molecule has 0 fully saturated rings. The van der Waals surface area contributed by atoms with Crippen molar-refractivity contribution in [2.24, 2.45) is 5.92 Å². The minimum absolute atomic E-state index is 0.000699. The molecular weight excluding hydrogens is 324 g/mol. The molecule has 0 aliphatic rings. The zero-order valence-electron chi connectivity index (χ0n) is 18.7. The van der Waals surface area contributed by atoms with Crippen molar-refractivity contribution in [1.82, 2.24) is 0 Å². The van der Waals surface area contributed by atoms with Gasteiger partial charge in [0.05, 0.1) is 6.61 Å². The van der Waals surface area contributed by atoms with Crippen molar-refractivity contribution in [3.05, 3.63) is 28.8 Å². The largest absolute Gasteiger partial charge is 0.513 e. The van der Waals surface area contributed by atoms with E-state index in [2.05, 4.69) is 68.4 Å². The van der Waals surface area contributed by atoms with Crippen molar-refractivity contribution >= 4 is 6.16 Å². The van der Waals surface area contributed by atoms with Crippen LogP contribution < -0.4 is 4.74 Å². The van der Waals surface area contributed by atoms with E-state index in [0.29, 0.717) is 12.4 Å². The van der Waals surface area contributed by atoms with Crippen molar-refractivity contribution in [3.8, 4) is 5.75 Å². The summed E-state index contributed by atoms with van der Waals surface area (Å²) >= 11 is 0. The number of ether oxygens (including phenoxy) is 2. The van der Waals surface area contributed by atoms with Gasteiger partial charge in [0.25, 0.3) is 0 Å². The average molecular weight is 363 g/mol. The fourth-order valence-electron chi connectivity index (χ4n) is 2.85. The molecule has 3 nitrogen and oxygen atoms in total. The van der Waals surface area contributed by atoms with Gasteiger partial charge in [-0.05, 0) is 39.4 Å². The van der Waals surface area contributed by atoms with Crippen LogP contribution in [0.15, 0.2) is 12.1 Å².